The average Bonchev–Trinajstić information content (AvgIpc) is 2.50. The van der Waals surface area contributed by atoms with Gasteiger partial charge in [0.05, 0.1) is 6.10 Å². The first-order chi connectivity index (χ1) is 9.51. The van der Waals surface area contributed by atoms with Crippen molar-refractivity contribution < 1.29 is 14.7 Å². The van der Waals surface area contributed by atoms with Gasteiger partial charge in [0.2, 0.25) is 11.8 Å². The molecule has 1 aliphatic heterocycles. The molecule has 0 saturated carbocycles. The molecule has 0 aliphatic carbocycles. The van der Waals surface area contributed by atoms with Crippen LogP contribution in [0.15, 0.2) is 0 Å². The standard InChI is InChI=1S/C15H28N2O3/c1-4-11(3)13(18)10-16-15(20)12-8-6-7-9-17(12)14(19)5-2/h11-13,18H,4-10H2,1-3H3,(H,16,20). The number of hydrogen-bond acceptors (Lipinski definition) is 3. The fourth-order valence-corrected chi connectivity index (χ4v) is 2.50. The van der Waals surface area contributed by atoms with Crippen LogP contribution in [0.1, 0.15) is 52.9 Å². The second-order valence-electron chi connectivity index (χ2n) is 5.65. The van der Waals surface area contributed by atoms with E-state index < -0.39 is 6.10 Å². The SMILES string of the molecule is CCC(=O)N1CCCCC1C(=O)NCC(O)C(C)CC. The fourth-order valence-electron chi connectivity index (χ4n) is 2.50. The summed E-state index contributed by atoms with van der Waals surface area (Å²) in [6.07, 6.45) is 3.43. The third kappa shape index (κ3) is 4.47. The van der Waals surface area contributed by atoms with Gasteiger partial charge in [0.25, 0.3) is 0 Å². The molecular formula is C15H28N2O3. The van der Waals surface area contributed by atoms with E-state index in [4.69, 9.17) is 0 Å². The lowest BCUT2D eigenvalue weighted by Gasteiger charge is -2.35. The zero-order valence-electron chi connectivity index (χ0n) is 12.9. The minimum atomic E-state index is -0.525. The van der Waals surface area contributed by atoms with Crippen LogP contribution in [0.3, 0.4) is 0 Å². The zero-order valence-corrected chi connectivity index (χ0v) is 12.9. The highest BCUT2D eigenvalue weighted by Crippen LogP contribution is 2.18. The molecule has 3 unspecified atom stereocenters. The molecule has 0 aromatic rings. The number of rotatable bonds is 6. The maximum atomic E-state index is 12.2. The summed E-state index contributed by atoms with van der Waals surface area (Å²) < 4.78 is 0. The Labute approximate surface area is 121 Å². The zero-order chi connectivity index (χ0) is 15.1. The highest BCUT2D eigenvalue weighted by atomic mass is 16.3. The smallest absolute Gasteiger partial charge is 0.242 e. The lowest BCUT2D eigenvalue weighted by molar-refractivity contribution is -0.142. The number of hydrogen-bond donors (Lipinski definition) is 2. The van der Waals surface area contributed by atoms with Gasteiger partial charge >= 0.3 is 0 Å². The molecule has 0 radical (unpaired) electrons. The number of aliphatic hydroxyl groups excluding tert-OH is 1. The molecule has 20 heavy (non-hydrogen) atoms. The van der Waals surface area contributed by atoms with Crippen LogP contribution in [-0.4, -0.2) is 47.1 Å². The van der Waals surface area contributed by atoms with Crippen molar-refractivity contribution in [1.29, 1.82) is 0 Å². The van der Waals surface area contributed by atoms with Gasteiger partial charge < -0.3 is 15.3 Å². The third-order valence-electron chi connectivity index (χ3n) is 4.21. The van der Waals surface area contributed by atoms with Gasteiger partial charge in [-0.25, -0.2) is 0 Å². The van der Waals surface area contributed by atoms with Crippen molar-refractivity contribution >= 4 is 11.8 Å². The first kappa shape index (κ1) is 17.0. The van der Waals surface area contributed by atoms with Crippen LogP contribution in [0.2, 0.25) is 0 Å². The second-order valence-corrected chi connectivity index (χ2v) is 5.65. The Kier molecular flexibility index (Phi) is 6.99. The van der Waals surface area contributed by atoms with Gasteiger partial charge in [-0.05, 0) is 25.2 Å². The van der Waals surface area contributed by atoms with Crippen molar-refractivity contribution in [3.8, 4) is 0 Å². The normalized spacial score (nSPS) is 22.2. The molecule has 1 heterocycles. The van der Waals surface area contributed by atoms with Crippen molar-refractivity contribution in [3.05, 3.63) is 0 Å². The van der Waals surface area contributed by atoms with E-state index >= 15 is 0 Å². The maximum absolute atomic E-state index is 12.2. The third-order valence-corrected chi connectivity index (χ3v) is 4.21. The summed E-state index contributed by atoms with van der Waals surface area (Å²) in [5.41, 5.74) is 0. The largest absolute Gasteiger partial charge is 0.391 e. The Balaban J connectivity index is 2.53. The molecule has 2 amide bonds. The average molecular weight is 284 g/mol. The van der Waals surface area contributed by atoms with Crippen LogP contribution in [-0.2, 0) is 9.59 Å². The van der Waals surface area contributed by atoms with E-state index in [0.717, 1.165) is 25.7 Å². The predicted molar refractivity (Wildman–Crippen MR) is 78.1 cm³/mol. The van der Waals surface area contributed by atoms with Crippen LogP contribution < -0.4 is 5.32 Å². The molecule has 1 saturated heterocycles. The summed E-state index contributed by atoms with van der Waals surface area (Å²) in [6, 6.07) is -0.361. The molecule has 2 N–H and O–H groups in total. The molecule has 5 heteroatoms. The fraction of sp³-hybridized carbons (Fsp3) is 0.867. The number of amides is 2. The molecule has 0 aromatic heterocycles. The molecule has 116 valence electrons. The first-order valence-corrected chi connectivity index (χ1v) is 7.76. The Morgan fingerprint density at radius 1 is 1.35 bits per heavy atom. The Bertz CT molecular complexity index is 333. The number of carbonyl (C=O) groups is 2. The molecule has 0 bridgehead atoms. The van der Waals surface area contributed by atoms with Gasteiger partial charge in [-0.2, -0.15) is 0 Å². The number of nitrogens with one attached hydrogen (secondary N) is 1. The van der Waals surface area contributed by atoms with Crippen LogP contribution in [0, 0.1) is 5.92 Å². The second kappa shape index (κ2) is 8.25. The highest BCUT2D eigenvalue weighted by molar-refractivity contribution is 5.87. The first-order valence-electron chi connectivity index (χ1n) is 7.76. The molecule has 1 fully saturated rings. The van der Waals surface area contributed by atoms with Gasteiger partial charge in [0.15, 0.2) is 0 Å². The lowest BCUT2D eigenvalue weighted by atomic mass is 9.99. The summed E-state index contributed by atoms with van der Waals surface area (Å²) in [7, 11) is 0. The van der Waals surface area contributed by atoms with Crippen molar-refractivity contribution in [2.45, 2.75) is 65.0 Å². The molecule has 3 atom stereocenters. The molecule has 0 spiro atoms. The minimum Gasteiger partial charge on any atom is -0.391 e. The van der Waals surface area contributed by atoms with E-state index in [-0.39, 0.29) is 30.3 Å². The number of nitrogens with zero attached hydrogens (tertiary/aromatic N) is 1. The van der Waals surface area contributed by atoms with Gasteiger partial charge in [-0.3, -0.25) is 9.59 Å². The topological polar surface area (TPSA) is 69.6 Å². The van der Waals surface area contributed by atoms with E-state index in [2.05, 4.69) is 5.32 Å². The molecule has 1 rings (SSSR count). The number of carbonyl (C=O) groups excluding carboxylic acids is 2. The highest BCUT2D eigenvalue weighted by Gasteiger charge is 2.31. The summed E-state index contributed by atoms with van der Waals surface area (Å²) >= 11 is 0. The van der Waals surface area contributed by atoms with Crippen LogP contribution in [0.25, 0.3) is 0 Å². The van der Waals surface area contributed by atoms with Crippen LogP contribution in [0.5, 0.6) is 0 Å². The van der Waals surface area contributed by atoms with Gasteiger partial charge in [0.1, 0.15) is 6.04 Å². The molecule has 5 nitrogen and oxygen atoms in total. The van der Waals surface area contributed by atoms with Gasteiger partial charge in [0, 0.05) is 19.5 Å². The van der Waals surface area contributed by atoms with Crippen molar-refractivity contribution in [2.24, 2.45) is 5.92 Å². The summed E-state index contributed by atoms with van der Waals surface area (Å²) in [6.45, 7) is 6.72. The summed E-state index contributed by atoms with van der Waals surface area (Å²) in [4.78, 5) is 25.8. The number of piperidine rings is 1. The summed E-state index contributed by atoms with van der Waals surface area (Å²) in [5, 5.41) is 12.7. The summed E-state index contributed by atoms with van der Waals surface area (Å²) in [5.74, 6) is 0.0659. The van der Waals surface area contributed by atoms with Gasteiger partial charge in [-0.1, -0.05) is 27.2 Å². The molecule has 1 aliphatic rings. The Hall–Kier alpha value is -1.10. The van der Waals surface area contributed by atoms with E-state index in [1.165, 1.54) is 0 Å². The lowest BCUT2D eigenvalue weighted by Crippen LogP contribution is -2.53. The number of likely N-dealkylation sites (tertiary alicyclic amines) is 1. The van der Waals surface area contributed by atoms with Crippen molar-refractivity contribution in [3.63, 3.8) is 0 Å². The van der Waals surface area contributed by atoms with E-state index in [0.29, 0.717) is 13.0 Å². The Morgan fingerprint density at radius 2 is 2.05 bits per heavy atom. The maximum Gasteiger partial charge on any atom is 0.242 e. The molecule has 0 aromatic carbocycles. The van der Waals surface area contributed by atoms with Crippen molar-refractivity contribution in [1.82, 2.24) is 10.2 Å². The number of aliphatic hydroxyl groups is 1. The van der Waals surface area contributed by atoms with Gasteiger partial charge in [-0.15, -0.1) is 0 Å². The quantitative estimate of drug-likeness (QED) is 0.772. The van der Waals surface area contributed by atoms with Crippen LogP contribution in [0.4, 0.5) is 0 Å². The minimum absolute atomic E-state index is 0.0346. The van der Waals surface area contributed by atoms with E-state index in [1.54, 1.807) is 4.90 Å². The predicted octanol–water partition coefficient (Wildman–Crippen LogP) is 1.30. The van der Waals surface area contributed by atoms with E-state index in [9.17, 15) is 14.7 Å². The van der Waals surface area contributed by atoms with E-state index in [1.807, 2.05) is 20.8 Å². The van der Waals surface area contributed by atoms with Crippen LogP contribution >= 0.6 is 0 Å². The Morgan fingerprint density at radius 3 is 2.65 bits per heavy atom. The molecular weight excluding hydrogens is 256 g/mol. The van der Waals surface area contributed by atoms with Crippen molar-refractivity contribution in [2.75, 3.05) is 13.1 Å². The monoisotopic (exact) mass is 284 g/mol.